The molecule has 1 aliphatic heterocycles. The van der Waals surface area contributed by atoms with E-state index in [-0.39, 0.29) is 23.9 Å². The molecule has 2 amide bonds. The SMILES string of the molecule is Cc1nc(CC(=O)Nc2cc3c(cc2F)NC(=O)CC3)cs1. The fourth-order valence-corrected chi connectivity index (χ4v) is 2.96. The highest BCUT2D eigenvalue weighted by atomic mass is 32.1. The summed E-state index contributed by atoms with van der Waals surface area (Å²) in [5, 5.41) is 7.89. The average Bonchev–Trinajstić information content (AvgIpc) is 2.85. The van der Waals surface area contributed by atoms with Crippen LogP contribution in [0.1, 0.15) is 22.7 Å². The predicted molar refractivity (Wildman–Crippen MR) is 82.5 cm³/mol. The normalized spacial score (nSPS) is 13.5. The van der Waals surface area contributed by atoms with E-state index in [9.17, 15) is 14.0 Å². The highest BCUT2D eigenvalue weighted by Gasteiger charge is 2.18. The van der Waals surface area contributed by atoms with Crippen molar-refractivity contribution in [2.75, 3.05) is 10.6 Å². The van der Waals surface area contributed by atoms with Gasteiger partial charge < -0.3 is 10.6 Å². The van der Waals surface area contributed by atoms with Crippen LogP contribution < -0.4 is 10.6 Å². The molecule has 0 aliphatic carbocycles. The Balaban J connectivity index is 1.74. The Morgan fingerprint density at radius 3 is 3.00 bits per heavy atom. The van der Waals surface area contributed by atoms with Crippen molar-refractivity contribution < 1.29 is 14.0 Å². The second kappa shape index (κ2) is 5.84. The van der Waals surface area contributed by atoms with E-state index in [0.717, 1.165) is 10.6 Å². The molecule has 3 rings (SSSR count). The Kier molecular flexibility index (Phi) is 3.89. The van der Waals surface area contributed by atoms with E-state index in [1.165, 1.54) is 17.4 Å². The summed E-state index contributed by atoms with van der Waals surface area (Å²) in [7, 11) is 0. The highest BCUT2D eigenvalue weighted by molar-refractivity contribution is 7.09. The topological polar surface area (TPSA) is 71.1 Å². The second-order valence-electron chi connectivity index (χ2n) is 5.12. The van der Waals surface area contributed by atoms with Crippen LogP contribution in [0.3, 0.4) is 0 Å². The summed E-state index contributed by atoms with van der Waals surface area (Å²) in [4.78, 5) is 27.5. The van der Waals surface area contributed by atoms with Gasteiger partial charge >= 0.3 is 0 Å². The van der Waals surface area contributed by atoms with Crippen LogP contribution in [0.2, 0.25) is 0 Å². The van der Waals surface area contributed by atoms with Gasteiger partial charge in [0.2, 0.25) is 11.8 Å². The first kappa shape index (κ1) is 14.6. The molecule has 0 fully saturated rings. The van der Waals surface area contributed by atoms with E-state index in [4.69, 9.17) is 0 Å². The monoisotopic (exact) mass is 319 g/mol. The van der Waals surface area contributed by atoms with E-state index < -0.39 is 5.82 Å². The minimum absolute atomic E-state index is 0.109. The molecule has 0 saturated carbocycles. The Hall–Kier alpha value is -2.28. The smallest absolute Gasteiger partial charge is 0.230 e. The van der Waals surface area contributed by atoms with Crippen LogP contribution in [0.4, 0.5) is 15.8 Å². The molecule has 0 spiro atoms. The number of carbonyl (C=O) groups is 2. The van der Waals surface area contributed by atoms with Gasteiger partial charge in [-0.3, -0.25) is 9.59 Å². The third kappa shape index (κ3) is 3.14. The van der Waals surface area contributed by atoms with Gasteiger partial charge in [0.1, 0.15) is 5.82 Å². The number of anilines is 2. The van der Waals surface area contributed by atoms with Gasteiger partial charge in [-0.2, -0.15) is 0 Å². The quantitative estimate of drug-likeness (QED) is 0.913. The molecule has 0 unspecified atom stereocenters. The van der Waals surface area contributed by atoms with Crippen molar-refractivity contribution in [1.29, 1.82) is 0 Å². The third-order valence-electron chi connectivity index (χ3n) is 3.37. The van der Waals surface area contributed by atoms with Crippen LogP contribution in [0, 0.1) is 12.7 Å². The van der Waals surface area contributed by atoms with Gasteiger partial charge in [-0.1, -0.05) is 0 Å². The van der Waals surface area contributed by atoms with Crippen molar-refractivity contribution in [2.24, 2.45) is 0 Å². The van der Waals surface area contributed by atoms with Gasteiger partial charge in [0.15, 0.2) is 0 Å². The lowest BCUT2D eigenvalue weighted by atomic mass is 10.0. The molecule has 1 aromatic carbocycles. The number of aromatic nitrogens is 1. The van der Waals surface area contributed by atoms with Crippen LogP contribution in [0.5, 0.6) is 0 Å². The fourth-order valence-electron chi connectivity index (χ4n) is 2.35. The number of halogens is 1. The molecular formula is C15H14FN3O2S. The second-order valence-corrected chi connectivity index (χ2v) is 6.18. The summed E-state index contributed by atoms with van der Waals surface area (Å²) in [6, 6.07) is 2.82. The molecule has 0 bridgehead atoms. The van der Waals surface area contributed by atoms with Gasteiger partial charge in [-0.25, -0.2) is 9.37 Å². The number of rotatable bonds is 3. The Labute approximate surface area is 130 Å². The number of aryl methyl sites for hydroxylation is 2. The molecule has 114 valence electrons. The molecule has 0 atom stereocenters. The lowest BCUT2D eigenvalue weighted by Gasteiger charge is -2.18. The zero-order valence-electron chi connectivity index (χ0n) is 11.9. The van der Waals surface area contributed by atoms with Crippen LogP contribution in [0.15, 0.2) is 17.5 Å². The van der Waals surface area contributed by atoms with Gasteiger partial charge in [-0.15, -0.1) is 11.3 Å². The van der Waals surface area contributed by atoms with Crippen molar-refractivity contribution in [1.82, 2.24) is 4.98 Å². The summed E-state index contributed by atoms with van der Waals surface area (Å²) < 4.78 is 14.0. The van der Waals surface area contributed by atoms with Crippen molar-refractivity contribution in [3.63, 3.8) is 0 Å². The van der Waals surface area contributed by atoms with Crippen LogP contribution in [-0.4, -0.2) is 16.8 Å². The molecule has 5 nitrogen and oxygen atoms in total. The summed E-state index contributed by atoms with van der Waals surface area (Å²) >= 11 is 1.47. The standard InChI is InChI=1S/C15H14FN3O2S/c1-8-17-10(7-22-8)5-15(21)19-13-4-9-2-3-14(20)18-12(9)6-11(13)16/h4,6-7H,2-3,5H2,1H3,(H,18,20)(H,19,21). The lowest BCUT2D eigenvalue weighted by molar-refractivity contribution is -0.117. The van der Waals surface area contributed by atoms with E-state index in [0.29, 0.717) is 24.2 Å². The number of carbonyl (C=O) groups excluding carboxylic acids is 2. The highest BCUT2D eigenvalue weighted by Crippen LogP contribution is 2.28. The lowest BCUT2D eigenvalue weighted by Crippen LogP contribution is -2.20. The van der Waals surface area contributed by atoms with Gasteiger partial charge in [0, 0.05) is 17.5 Å². The number of nitrogens with zero attached hydrogens (tertiary/aromatic N) is 1. The number of amides is 2. The maximum Gasteiger partial charge on any atom is 0.230 e. The van der Waals surface area contributed by atoms with Crippen LogP contribution >= 0.6 is 11.3 Å². The number of hydrogen-bond donors (Lipinski definition) is 2. The van der Waals surface area contributed by atoms with Crippen molar-refractivity contribution >= 4 is 34.5 Å². The summed E-state index contributed by atoms with van der Waals surface area (Å²) in [6.45, 7) is 1.86. The minimum Gasteiger partial charge on any atom is -0.326 e. The zero-order chi connectivity index (χ0) is 15.7. The molecule has 1 aliphatic rings. The molecule has 2 N–H and O–H groups in total. The number of benzene rings is 1. The molecule has 2 aromatic rings. The number of fused-ring (bicyclic) bond motifs is 1. The van der Waals surface area contributed by atoms with Crippen LogP contribution in [-0.2, 0) is 22.4 Å². The zero-order valence-corrected chi connectivity index (χ0v) is 12.7. The molecule has 0 radical (unpaired) electrons. The Morgan fingerprint density at radius 2 is 2.27 bits per heavy atom. The van der Waals surface area contributed by atoms with Crippen LogP contribution in [0.25, 0.3) is 0 Å². The first-order valence-corrected chi connectivity index (χ1v) is 7.72. The molecule has 1 aromatic heterocycles. The van der Waals surface area contributed by atoms with E-state index >= 15 is 0 Å². The summed E-state index contributed by atoms with van der Waals surface area (Å²) in [5.41, 5.74) is 2.10. The average molecular weight is 319 g/mol. The van der Waals surface area contributed by atoms with Gasteiger partial charge in [0.25, 0.3) is 0 Å². The minimum atomic E-state index is -0.566. The number of nitrogens with one attached hydrogen (secondary N) is 2. The van der Waals surface area contributed by atoms with Gasteiger partial charge in [0.05, 0.1) is 22.8 Å². The first-order valence-electron chi connectivity index (χ1n) is 6.84. The molecule has 2 heterocycles. The van der Waals surface area contributed by atoms with E-state index in [1.807, 2.05) is 12.3 Å². The van der Waals surface area contributed by atoms with Crippen molar-refractivity contribution in [3.05, 3.63) is 39.6 Å². The molecular weight excluding hydrogens is 305 g/mol. The van der Waals surface area contributed by atoms with Crippen molar-refractivity contribution in [2.45, 2.75) is 26.2 Å². The largest absolute Gasteiger partial charge is 0.326 e. The number of hydrogen-bond acceptors (Lipinski definition) is 4. The predicted octanol–water partition coefficient (Wildman–Crippen LogP) is 2.66. The molecule has 7 heteroatoms. The Bertz CT molecular complexity index is 757. The summed E-state index contributed by atoms with van der Waals surface area (Å²) in [5.74, 6) is -1.00. The third-order valence-corrected chi connectivity index (χ3v) is 4.19. The maximum absolute atomic E-state index is 14.0. The van der Waals surface area contributed by atoms with Crippen molar-refractivity contribution in [3.8, 4) is 0 Å². The first-order chi connectivity index (χ1) is 10.5. The Morgan fingerprint density at radius 1 is 1.45 bits per heavy atom. The maximum atomic E-state index is 14.0. The van der Waals surface area contributed by atoms with E-state index in [1.54, 1.807) is 6.07 Å². The number of thiazole rings is 1. The fraction of sp³-hybridized carbons (Fsp3) is 0.267. The molecule has 22 heavy (non-hydrogen) atoms. The van der Waals surface area contributed by atoms with E-state index in [2.05, 4.69) is 15.6 Å². The summed E-state index contributed by atoms with van der Waals surface area (Å²) in [6.07, 6.45) is 1.01. The molecule has 0 saturated heterocycles. The van der Waals surface area contributed by atoms with Gasteiger partial charge in [-0.05, 0) is 31.0 Å².